The second-order valence-electron chi connectivity index (χ2n) is 6.86. The molecule has 4 rings (SSSR count). The van der Waals surface area contributed by atoms with E-state index < -0.39 is 0 Å². The topological polar surface area (TPSA) is 54.9 Å². The van der Waals surface area contributed by atoms with Crippen LogP contribution in [0.4, 0.5) is 4.79 Å². The number of aromatic nitrogens is 1. The molecule has 1 aromatic rings. The van der Waals surface area contributed by atoms with Crippen LogP contribution in [0.5, 0.6) is 0 Å². The highest BCUT2D eigenvalue weighted by atomic mass is 16.5. The molecule has 0 unspecified atom stereocenters. The number of rotatable bonds is 3. The van der Waals surface area contributed by atoms with Gasteiger partial charge in [-0.25, -0.2) is 4.79 Å². The Balaban J connectivity index is 1.38. The van der Waals surface area contributed by atoms with Crippen molar-refractivity contribution in [2.24, 2.45) is 0 Å². The molecule has 6 nitrogen and oxygen atoms in total. The summed E-state index contributed by atoms with van der Waals surface area (Å²) in [5.41, 5.74) is 1.12. The summed E-state index contributed by atoms with van der Waals surface area (Å²) in [6.45, 7) is 3.67. The highest BCUT2D eigenvalue weighted by Gasteiger charge is 2.46. The van der Waals surface area contributed by atoms with Crippen LogP contribution >= 0.6 is 0 Å². The number of hydrogen-bond acceptors (Lipinski definition) is 4. The number of hydrogen-bond donors (Lipinski definition) is 0. The maximum atomic E-state index is 12.8. The number of pyridine rings is 1. The van der Waals surface area contributed by atoms with E-state index in [0.29, 0.717) is 19.8 Å². The third kappa shape index (κ3) is 3.13. The van der Waals surface area contributed by atoms with Crippen LogP contribution in [0.3, 0.4) is 0 Å². The fraction of sp³-hybridized carbons (Fsp3) is 0.667. The second-order valence-corrected chi connectivity index (χ2v) is 6.86. The Kier molecular flexibility index (Phi) is 4.67. The van der Waals surface area contributed by atoms with E-state index >= 15 is 0 Å². The molecule has 130 valence electrons. The van der Waals surface area contributed by atoms with Gasteiger partial charge in [0.15, 0.2) is 0 Å². The lowest BCUT2D eigenvalue weighted by molar-refractivity contribution is -0.108. The van der Waals surface area contributed by atoms with E-state index in [1.807, 2.05) is 21.9 Å². The Morgan fingerprint density at radius 1 is 1.21 bits per heavy atom. The largest absolute Gasteiger partial charge is 0.372 e. The molecule has 0 bridgehead atoms. The summed E-state index contributed by atoms with van der Waals surface area (Å²) in [4.78, 5) is 20.8. The molecule has 0 aromatic carbocycles. The number of likely N-dealkylation sites (tertiary alicyclic amines) is 1. The minimum absolute atomic E-state index is 0.00661. The van der Waals surface area contributed by atoms with E-state index in [2.05, 4.69) is 4.98 Å². The molecule has 3 aliphatic rings. The van der Waals surface area contributed by atoms with Gasteiger partial charge in [-0.15, -0.1) is 0 Å². The smallest absolute Gasteiger partial charge is 0.320 e. The van der Waals surface area contributed by atoms with Gasteiger partial charge in [-0.3, -0.25) is 4.98 Å². The average Bonchev–Trinajstić information content (AvgIpc) is 3.30. The molecule has 2 amide bonds. The first kappa shape index (κ1) is 15.8. The molecule has 2 saturated heterocycles. The fourth-order valence-corrected chi connectivity index (χ4v) is 4.10. The van der Waals surface area contributed by atoms with E-state index in [0.717, 1.165) is 44.3 Å². The molecule has 24 heavy (non-hydrogen) atoms. The van der Waals surface area contributed by atoms with E-state index in [-0.39, 0.29) is 24.3 Å². The molecular weight excluding hydrogens is 306 g/mol. The van der Waals surface area contributed by atoms with Gasteiger partial charge >= 0.3 is 6.03 Å². The molecule has 3 heterocycles. The molecule has 1 aromatic heterocycles. The van der Waals surface area contributed by atoms with Crippen molar-refractivity contribution in [1.82, 2.24) is 14.8 Å². The summed E-state index contributed by atoms with van der Waals surface area (Å²) >= 11 is 0. The number of morpholine rings is 1. The molecular formula is C18H25N3O3. The lowest BCUT2D eigenvalue weighted by atomic mass is 10.1. The fourth-order valence-electron chi connectivity index (χ4n) is 4.10. The highest BCUT2D eigenvalue weighted by Crippen LogP contribution is 2.33. The van der Waals surface area contributed by atoms with Crippen LogP contribution in [-0.2, 0) is 16.1 Å². The van der Waals surface area contributed by atoms with Gasteiger partial charge in [0, 0.05) is 32.0 Å². The van der Waals surface area contributed by atoms with Gasteiger partial charge in [0.05, 0.1) is 25.4 Å². The summed E-state index contributed by atoms with van der Waals surface area (Å²) in [7, 11) is 0. The van der Waals surface area contributed by atoms with Gasteiger partial charge < -0.3 is 19.3 Å². The van der Waals surface area contributed by atoms with Crippen molar-refractivity contribution in [1.29, 1.82) is 0 Å². The summed E-state index contributed by atoms with van der Waals surface area (Å²) in [5, 5.41) is 0. The Labute approximate surface area is 142 Å². The Hall–Kier alpha value is -1.66. The van der Waals surface area contributed by atoms with Crippen molar-refractivity contribution in [2.75, 3.05) is 26.2 Å². The standard InChI is InChI=1S/C18H25N3O3/c22-18(20-9-1-2-10-20)21-11-12-23-17-15(21)3-4-16(17)24-13-14-5-7-19-8-6-14/h5-8,15-17H,1-4,9-13H2/t15-,16+,17+/m1/s1. The molecule has 1 saturated carbocycles. The maximum Gasteiger partial charge on any atom is 0.320 e. The first-order valence-electron chi connectivity index (χ1n) is 9.00. The van der Waals surface area contributed by atoms with Crippen LogP contribution in [0.25, 0.3) is 0 Å². The van der Waals surface area contributed by atoms with Crippen LogP contribution in [-0.4, -0.2) is 65.3 Å². The Bertz CT molecular complexity index is 562. The molecule has 0 N–H and O–H groups in total. The van der Waals surface area contributed by atoms with E-state index in [1.165, 1.54) is 0 Å². The van der Waals surface area contributed by atoms with Crippen molar-refractivity contribution in [2.45, 2.75) is 50.5 Å². The minimum Gasteiger partial charge on any atom is -0.372 e. The van der Waals surface area contributed by atoms with Crippen LogP contribution in [0.15, 0.2) is 24.5 Å². The lowest BCUT2D eigenvalue weighted by Gasteiger charge is -2.40. The molecule has 1 aliphatic carbocycles. The van der Waals surface area contributed by atoms with E-state index in [9.17, 15) is 4.79 Å². The van der Waals surface area contributed by atoms with Crippen LogP contribution in [0, 0.1) is 0 Å². The van der Waals surface area contributed by atoms with Gasteiger partial charge in [-0.05, 0) is 43.4 Å². The normalized spacial score (nSPS) is 29.8. The van der Waals surface area contributed by atoms with E-state index in [4.69, 9.17) is 9.47 Å². The van der Waals surface area contributed by atoms with Gasteiger partial charge in [0.1, 0.15) is 6.10 Å². The predicted molar refractivity (Wildman–Crippen MR) is 88.5 cm³/mol. The zero-order valence-electron chi connectivity index (χ0n) is 14.0. The maximum absolute atomic E-state index is 12.8. The molecule has 2 aliphatic heterocycles. The van der Waals surface area contributed by atoms with Gasteiger partial charge in [0.25, 0.3) is 0 Å². The first-order chi connectivity index (χ1) is 11.8. The third-order valence-electron chi connectivity index (χ3n) is 5.37. The Morgan fingerprint density at radius 2 is 2.00 bits per heavy atom. The van der Waals surface area contributed by atoms with Crippen molar-refractivity contribution >= 4 is 6.03 Å². The predicted octanol–water partition coefficient (Wildman–Crippen LogP) is 2.05. The number of carbonyl (C=O) groups excluding carboxylic acids is 1. The number of carbonyl (C=O) groups is 1. The van der Waals surface area contributed by atoms with Crippen molar-refractivity contribution < 1.29 is 14.3 Å². The van der Waals surface area contributed by atoms with Crippen LogP contribution < -0.4 is 0 Å². The number of ether oxygens (including phenoxy) is 2. The molecule has 3 atom stereocenters. The van der Waals surface area contributed by atoms with E-state index in [1.54, 1.807) is 12.4 Å². The summed E-state index contributed by atoms with van der Waals surface area (Å²) < 4.78 is 12.1. The molecule has 0 radical (unpaired) electrons. The number of amides is 2. The van der Waals surface area contributed by atoms with Crippen LogP contribution in [0.2, 0.25) is 0 Å². The van der Waals surface area contributed by atoms with Gasteiger partial charge in [-0.2, -0.15) is 0 Å². The third-order valence-corrected chi connectivity index (χ3v) is 5.37. The summed E-state index contributed by atoms with van der Waals surface area (Å²) in [6, 6.07) is 4.30. The second kappa shape index (κ2) is 7.07. The number of fused-ring (bicyclic) bond motifs is 1. The number of nitrogens with zero attached hydrogens (tertiary/aromatic N) is 3. The van der Waals surface area contributed by atoms with Crippen LogP contribution in [0.1, 0.15) is 31.2 Å². The van der Waals surface area contributed by atoms with Gasteiger partial charge in [-0.1, -0.05) is 0 Å². The van der Waals surface area contributed by atoms with Crippen molar-refractivity contribution in [3.63, 3.8) is 0 Å². The summed E-state index contributed by atoms with van der Waals surface area (Å²) in [6.07, 6.45) is 7.80. The SMILES string of the molecule is O=C(N1CCCC1)N1CCO[C@@H]2[C@@H](OCc3ccncc3)CC[C@H]21. The lowest BCUT2D eigenvalue weighted by Crippen LogP contribution is -2.56. The average molecular weight is 331 g/mol. The molecule has 3 fully saturated rings. The quantitative estimate of drug-likeness (QED) is 0.851. The Morgan fingerprint density at radius 3 is 2.79 bits per heavy atom. The molecule has 0 spiro atoms. The monoisotopic (exact) mass is 331 g/mol. The first-order valence-corrected chi connectivity index (χ1v) is 9.00. The highest BCUT2D eigenvalue weighted by molar-refractivity contribution is 5.75. The summed E-state index contributed by atoms with van der Waals surface area (Å²) in [5.74, 6) is 0. The van der Waals surface area contributed by atoms with Crippen molar-refractivity contribution in [3.05, 3.63) is 30.1 Å². The molecule has 6 heteroatoms. The van der Waals surface area contributed by atoms with Gasteiger partial charge in [0.2, 0.25) is 0 Å². The van der Waals surface area contributed by atoms with Crippen molar-refractivity contribution in [3.8, 4) is 0 Å². The minimum atomic E-state index is 0.00661. The zero-order chi connectivity index (χ0) is 16.4. The zero-order valence-corrected chi connectivity index (χ0v) is 14.0. The number of urea groups is 1.